The molecule has 86 valence electrons. The molecule has 1 heterocycles. The minimum absolute atomic E-state index is 0.725. The van der Waals surface area contributed by atoms with E-state index in [4.69, 9.17) is 16.3 Å². The number of hydrogen-bond donors (Lipinski definition) is 1. The van der Waals surface area contributed by atoms with Crippen LogP contribution < -0.4 is 5.32 Å². The van der Waals surface area contributed by atoms with Gasteiger partial charge in [0.2, 0.25) is 0 Å². The lowest BCUT2D eigenvalue weighted by molar-refractivity contribution is 0.199. The Kier molecular flexibility index (Phi) is 4.18. The second-order valence-electron chi connectivity index (χ2n) is 3.50. The summed E-state index contributed by atoms with van der Waals surface area (Å²) in [6.45, 7) is 2.38. The number of thiophene rings is 1. The van der Waals surface area contributed by atoms with Crippen molar-refractivity contribution in [2.45, 2.75) is 6.54 Å². The Hall–Kier alpha value is -0.610. The summed E-state index contributed by atoms with van der Waals surface area (Å²) in [6, 6.07) is 8.22. The molecule has 2 rings (SSSR count). The zero-order valence-electron chi connectivity index (χ0n) is 9.13. The fraction of sp³-hybridized carbons (Fsp3) is 0.333. The summed E-state index contributed by atoms with van der Waals surface area (Å²) >= 11 is 8.06. The van der Waals surface area contributed by atoms with Gasteiger partial charge in [-0.15, -0.1) is 11.3 Å². The van der Waals surface area contributed by atoms with Crippen LogP contribution in [0.5, 0.6) is 0 Å². The average molecular weight is 256 g/mol. The number of fused-ring (bicyclic) bond motifs is 1. The van der Waals surface area contributed by atoms with Crippen LogP contribution in [0.4, 0.5) is 0 Å². The van der Waals surface area contributed by atoms with Gasteiger partial charge in [0.1, 0.15) is 0 Å². The predicted octanol–water partition coefficient (Wildman–Crippen LogP) is 3.29. The molecule has 0 radical (unpaired) electrons. The van der Waals surface area contributed by atoms with Crippen molar-refractivity contribution >= 4 is 33.0 Å². The zero-order chi connectivity index (χ0) is 11.4. The van der Waals surface area contributed by atoms with Gasteiger partial charge in [0, 0.05) is 35.2 Å². The second-order valence-corrected chi connectivity index (χ2v) is 5.02. The van der Waals surface area contributed by atoms with Crippen molar-refractivity contribution in [1.29, 1.82) is 0 Å². The number of hydrogen-bond acceptors (Lipinski definition) is 3. The van der Waals surface area contributed by atoms with Crippen LogP contribution in [0.3, 0.4) is 0 Å². The van der Waals surface area contributed by atoms with E-state index in [2.05, 4.69) is 17.4 Å². The molecule has 1 aromatic heterocycles. The molecule has 0 fully saturated rings. The van der Waals surface area contributed by atoms with Crippen LogP contribution in [0.25, 0.3) is 10.1 Å². The Morgan fingerprint density at radius 3 is 2.94 bits per heavy atom. The second kappa shape index (κ2) is 5.64. The Balaban J connectivity index is 2.09. The van der Waals surface area contributed by atoms with Gasteiger partial charge < -0.3 is 10.1 Å². The van der Waals surface area contributed by atoms with Gasteiger partial charge in [0.15, 0.2) is 0 Å². The first-order chi connectivity index (χ1) is 7.83. The van der Waals surface area contributed by atoms with Crippen molar-refractivity contribution in [2.75, 3.05) is 20.3 Å². The van der Waals surface area contributed by atoms with Gasteiger partial charge in [-0.05, 0) is 6.07 Å². The van der Waals surface area contributed by atoms with Crippen molar-refractivity contribution in [1.82, 2.24) is 5.32 Å². The molecule has 0 spiro atoms. The van der Waals surface area contributed by atoms with Crippen molar-refractivity contribution in [3.05, 3.63) is 34.2 Å². The highest BCUT2D eigenvalue weighted by Crippen LogP contribution is 2.34. The van der Waals surface area contributed by atoms with Gasteiger partial charge >= 0.3 is 0 Å². The third-order valence-electron chi connectivity index (χ3n) is 2.37. The van der Waals surface area contributed by atoms with Crippen LogP contribution >= 0.6 is 22.9 Å². The van der Waals surface area contributed by atoms with Gasteiger partial charge in [-0.25, -0.2) is 0 Å². The molecule has 0 bridgehead atoms. The lowest BCUT2D eigenvalue weighted by Gasteiger charge is -2.01. The fourth-order valence-electron chi connectivity index (χ4n) is 1.55. The van der Waals surface area contributed by atoms with Crippen LogP contribution in [0.15, 0.2) is 24.3 Å². The molecule has 0 aliphatic carbocycles. The number of rotatable bonds is 5. The number of ether oxygens (including phenoxy) is 1. The highest BCUT2D eigenvalue weighted by atomic mass is 35.5. The molecular formula is C12H14ClNOS. The molecule has 2 aromatic rings. The van der Waals surface area contributed by atoms with Gasteiger partial charge in [0.05, 0.1) is 11.6 Å². The summed E-state index contributed by atoms with van der Waals surface area (Å²) in [5, 5.41) is 5.34. The van der Waals surface area contributed by atoms with Gasteiger partial charge in [-0.3, -0.25) is 0 Å². The van der Waals surface area contributed by atoms with E-state index >= 15 is 0 Å². The lowest BCUT2D eigenvalue weighted by atomic mass is 10.2. The van der Waals surface area contributed by atoms with Crippen molar-refractivity contribution in [2.24, 2.45) is 0 Å². The minimum Gasteiger partial charge on any atom is -0.383 e. The molecule has 0 aliphatic rings. The molecule has 1 N–H and O–H groups in total. The molecule has 1 aromatic carbocycles. The van der Waals surface area contributed by atoms with E-state index in [-0.39, 0.29) is 0 Å². The highest BCUT2D eigenvalue weighted by molar-refractivity contribution is 7.19. The van der Waals surface area contributed by atoms with E-state index in [0.29, 0.717) is 0 Å². The van der Waals surface area contributed by atoms with Gasteiger partial charge in [-0.1, -0.05) is 29.8 Å². The molecule has 0 unspecified atom stereocenters. The zero-order valence-corrected chi connectivity index (χ0v) is 10.7. The maximum absolute atomic E-state index is 6.31. The fourth-order valence-corrected chi connectivity index (χ4v) is 3.02. The van der Waals surface area contributed by atoms with Crippen molar-refractivity contribution in [3.63, 3.8) is 0 Å². The molecule has 0 aliphatic heterocycles. The maximum Gasteiger partial charge on any atom is 0.0636 e. The van der Waals surface area contributed by atoms with E-state index in [9.17, 15) is 0 Å². The highest BCUT2D eigenvalue weighted by Gasteiger charge is 2.08. The average Bonchev–Trinajstić information content (AvgIpc) is 2.63. The summed E-state index contributed by atoms with van der Waals surface area (Å²) < 4.78 is 6.22. The predicted molar refractivity (Wildman–Crippen MR) is 70.4 cm³/mol. The van der Waals surface area contributed by atoms with Crippen LogP contribution in [-0.2, 0) is 11.3 Å². The quantitative estimate of drug-likeness (QED) is 0.828. The number of nitrogens with one attached hydrogen (secondary N) is 1. The molecule has 2 nitrogen and oxygen atoms in total. The van der Waals surface area contributed by atoms with E-state index < -0.39 is 0 Å². The van der Waals surface area contributed by atoms with Crippen LogP contribution in [0, 0.1) is 0 Å². The Bertz CT molecular complexity index is 469. The Labute approximate surface area is 104 Å². The number of benzene rings is 1. The van der Waals surface area contributed by atoms with Gasteiger partial charge in [0.25, 0.3) is 0 Å². The van der Waals surface area contributed by atoms with Crippen LogP contribution in [0.2, 0.25) is 5.02 Å². The third kappa shape index (κ3) is 2.55. The molecule has 4 heteroatoms. The van der Waals surface area contributed by atoms with E-state index in [1.807, 2.05) is 12.1 Å². The monoisotopic (exact) mass is 255 g/mol. The smallest absolute Gasteiger partial charge is 0.0636 e. The first kappa shape index (κ1) is 11.9. The number of halogens is 1. The minimum atomic E-state index is 0.725. The molecule has 16 heavy (non-hydrogen) atoms. The molecule has 0 saturated carbocycles. The maximum atomic E-state index is 6.31. The summed E-state index contributed by atoms with van der Waals surface area (Å²) in [7, 11) is 1.70. The third-order valence-corrected chi connectivity index (χ3v) is 4.08. The summed E-state index contributed by atoms with van der Waals surface area (Å²) in [5.74, 6) is 0. The van der Waals surface area contributed by atoms with Crippen molar-refractivity contribution in [3.8, 4) is 0 Å². The molecule has 0 saturated heterocycles. The molecular weight excluding hydrogens is 242 g/mol. The van der Waals surface area contributed by atoms with E-state index in [1.165, 1.54) is 9.58 Å². The molecule has 0 atom stereocenters. The first-order valence-corrected chi connectivity index (χ1v) is 6.38. The standard InChI is InChI=1S/C12H14ClNOS/c1-15-7-6-14-8-11-12(13)9-4-2-3-5-10(9)16-11/h2-5,14H,6-8H2,1H3. The van der Waals surface area contributed by atoms with Crippen LogP contribution in [-0.4, -0.2) is 20.3 Å². The summed E-state index contributed by atoms with van der Waals surface area (Å²) in [6.07, 6.45) is 0. The van der Waals surface area contributed by atoms with E-state index in [1.54, 1.807) is 18.4 Å². The number of methoxy groups -OCH3 is 1. The van der Waals surface area contributed by atoms with E-state index in [0.717, 1.165) is 30.1 Å². The van der Waals surface area contributed by atoms with Crippen molar-refractivity contribution < 1.29 is 4.74 Å². The molecule has 0 amide bonds. The van der Waals surface area contributed by atoms with Gasteiger partial charge in [-0.2, -0.15) is 0 Å². The Morgan fingerprint density at radius 2 is 2.19 bits per heavy atom. The SMILES string of the molecule is COCCNCc1sc2ccccc2c1Cl. The van der Waals surface area contributed by atoms with Crippen LogP contribution in [0.1, 0.15) is 4.88 Å². The lowest BCUT2D eigenvalue weighted by Crippen LogP contribution is -2.17. The summed E-state index contributed by atoms with van der Waals surface area (Å²) in [4.78, 5) is 1.19. The Morgan fingerprint density at radius 1 is 1.38 bits per heavy atom. The summed E-state index contributed by atoms with van der Waals surface area (Å²) in [5.41, 5.74) is 0. The topological polar surface area (TPSA) is 21.3 Å². The normalized spacial score (nSPS) is 11.1. The first-order valence-electron chi connectivity index (χ1n) is 5.18. The largest absolute Gasteiger partial charge is 0.383 e.